The third-order valence-corrected chi connectivity index (χ3v) is 3.75. The number of ether oxygens (including phenoxy) is 1. The van der Waals surface area contributed by atoms with E-state index in [0.717, 1.165) is 33.2 Å². The van der Waals surface area contributed by atoms with Crippen molar-refractivity contribution in [3.63, 3.8) is 0 Å². The molecular formula is C17H14N4O. The molecule has 5 heteroatoms. The number of pyridine rings is 1. The first kappa shape index (κ1) is 12.8. The van der Waals surface area contributed by atoms with Gasteiger partial charge in [-0.2, -0.15) is 14.8 Å². The summed E-state index contributed by atoms with van der Waals surface area (Å²) in [6.45, 7) is 1.97. The van der Waals surface area contributed by atoms with Gasteiger partial charge in [0.05, 0.1) is 23.8 Å². The largest absolute Gasteiger partial charge is 0.481 e. The molecule has 0 amide bonds. The molecule has 0 atom stereocenters. The second-order valence-corrected chi connectivity index (χ2v) is 5.10. The number of nitrogens with zero attached hydrogens (tertiary/aromatic N) is 4. The molecule has 0 spiro atoms. The average molecular weight is 290 g/mol. The first-order valence-corrected chi connectivity index (χ1v) is 7.03. The molecule has 4 rings (SSSR count). The van der Waals surface area contributed by atoms with E-state index in [1.807, 2.05) is 43.3 Å². The summed E-state index contributed by atoms with van der Waals surface area (Å²) >= 11 is 0. The number of hydrogen-bond acceptors (Lipinski definition) is 4. The van der Waals surface area contributed by atoms with Crippen LogP contribution in [0.2, 0.25) is 0 Å². The van der Waals surface area contributed by atoms with Crippen LogP contribution in [0.25, 0.3) is 27.5 Å². The minimum Gasteiger partial charge on any atom is -0.481 e. The third kappa shape index (κ3) is 1.83. The molecule has 0 radical (unpaired) electrons. The zero-order valence-corrected chi connectivity index (χ0v) is 12.3. The first-order chi connectivity index (χ1) is 10.8. The molecule has 108 valence electrons. The van der Waals surface area contributed by atoms with E-state index in [2.05, 4.69) is 21.2 Å². The summed E-state index contributed by atoms with van der Waals surface area (Å²) in [5.74, 6) is 0.598. The zero-order valence-electron chi connectivity index (χ0n) is 12.3. The van der Waals surface area contributed by atoms with Crippen LogP contribution in [0.1, 0.15) is 5.69 Å². The van der Waals surface area contributed by atoms with Crippen molar-refractivity contribution < 1.29 is 4.74 Å². The van der Waals surface area contributed by atoms with Gasteiger partial charge in [0.15, 0.2) is 0 Å². The van der Waals surface area contributed by atoms with E-state index in [-0.39, 0.29) is 0 Å². The summed E-state index contributed by atoms with van der Waals surface area (Å²) in [6, 6.07) is 14.0. The van der Waals surface area contributed by atoms with Crippen molar-refractivity contribution in [2.24, 2.45) is 0 Å². The fourth-order valence-electron chi connectivity index (χ4n) is 2.77. The zero-order chi connectivity index (χ0) is 15.1. The summed E-state index contributed by atoms with van der Waals surface area (Å²) in [5, 5.41) is 9.79. The van der Waals surface area contributed by atoms with Crippen LogP contribution in [0.3, 0.4) is 0 Å². The molecule has 0 N–H and O–H groups in total. The van der Waals surface area contributed by atoms with Crippen LogP contribution in [0.5, 0.6) is 5.88 Å². The van der Waals surface area contributed by atoms with E-state index in [9.17, 15) is 0 Å². The van der Waals surface area contributed by atoms with Crippen LogP contribution in [0.15, 0.2) is 48.7 Å². The molecule has 3 heterocycles. The standard InChI is InChI=1S/C17H14N4O/c1-11-16(15-8-5-9-18-21(15)20-11)13-10-12-6-3-4-7-14(12)19-17(13)22-2/h3-10H,1-2H3. The van der Waals surface area contributed by atoms with Crippen molar-refractivity contribution in [1.29, 1.82) is 0 Å². The maximum atomic E-state index is 5.51. The Balaban J connectivity index is 2.09. The van der Waals surface area contributed by atoms with Gasteiger partial charge in [0.1, 0.15) is 0 Å². The molecule has 0 unspecified atom stereocenters. The number of aromatic nitrogens is 4. The fraction of sp³-hybridized carbons (Fsp3) is 0.118. The van der Waals surface area contributed by atoms with Gasteiger partial charge in [-0.25, -0.2) is 4.98 Å². The summed E-state index contributed by atoms with van der Waals surface area (Å²) in [6.07, 6.45) is 1.72. The summed E-state index contributed by atoms with van der Waals surface area (Å²) in [5.41, 5.74) is 4.68. The normalized spacial score (nSPS) is 11.2. The second kappa shape index (κ2) is 4.80. The number of benzene rings is 1. The molecule has 3 aromatic heterocycles. The average Bonchev–Trinajstić information content (AvgIpc) is 2.89. The molecule has 0 fully saturated rings. The molecule has 0 saturated carbocycles. The van der Waals surface area contributed by atoms with Gasteiger partial charge in [-0.3, -0.25) is 0 Å². The molecule has 0 saturated heterocycles. The first-order valence-electron chi connectivity index (χ1n) is 7.03. The maximum absolute atomic E-state index is 5.51. The molecule has 5 nitrogen and oxygen atoms in total. The van der Waals surface area contributed by atoms with Crippen molar-refractivity contribution in [3.05, 3.63) is 54.4 Å². The Kier molecular flexibility index (Phi) is 2.79. The minimum absolute atomic E-state index is 0.598. The van der Waals surface area contributed by atoms with Crippen LogP contribution in [-0.2, 0) is 0 Å². The topological polar surface area (TPSA) is 52.3 Å². The van der Waals surface area contributed by atoms with E-state index in [1.165, 1.54) is 0 Å². The lowest BCUT2D eigenvalue weighted by Gasteiger charge is -2.09. The predicted molar refractivity (Wildman–Crippen MR) is 85.0 cm³/mol. The molecule has 0 aliphatic heterocycles. The lowest BCUT2D eigenvalue weighted by atomic mass is 10.0. The Morgan fingerprint density at radius 3 is 2.82 bits per heavy atom. The number of aryl methyl sites for hydroxylation is 1. The van der Waals surface area contributed by atoms with Gasteiger partial charge in [0.25, 0.3) is 0 Å². The monoisotopic (exact) mass is 290 g/mol. The lowest BCUT2D eigenvalue weighted by molar-refractivity contribution is 0.401. The van der Waals surface area contributed by atoms with Gasteiger partial charge in [-0.1, -0.05) is 18.2 Å². The number of rotatable bonds is 2. The Labute approximate surface area is 127 Å². The highest BCUT2D eigenvalue weighted by molar-refractivity contribution is 5.91. The number of methoxy groups -OCH3 is 1. The summed E-state index contributed by atoms with van der Waals surface area (Å²) in [4.78, 5) is 4.62. The molecule has 0 aliphatic rings. The van der Waals surface area contributed by atoms with Crippen molar-refractivity contribution in [2.75, 3.05) is 7.11 Å². The van der Waals surface area contributed by atoms with Gasteiger partial charge < -0.3 is 4.74 Å². The minimum atomic E-state index is 0.598. The van der Waals surface area contributed by atoms with Gasteiger partial charge in [0.2, 0.25) is 5.88 Å². The van der Waals surface area contributed by atoms with E-state index < -0.39 is 0 Å². The van der Waals surface area contributed by atoms with Crippen LogP contribution >= 0.6 is 0 Å². The highest BCUT2D eigenvalue weighted by atomic mass is 16.5. The van der Waals surface area contributed by atoms with Crippen LogP contribution < -0.4 is 4.74 Å². The Hall–Kier alpha value is -2.95. The number of para-hydroxylation sites is 1. The molecular weight excluding hydrogens is 276 g/mol. The predicted octanol–water partition coefficient (Wildman–Crippen LogP) is 3.26. The van der Waals surface area contributed by atoms with Crippen molar-refractivity contribution >= 4 is 16.4 Å². The van der Waals surface area contributed by atoms with Gasteiger partial charge in [-0.15, -0.1) is 0 Å². The van der Waals surface area contributed by atoms with Gasteiger partial charge >= 0.3 is 0 Å². The lowest BCUT2D eigenvalue weighted by Crippen LogP contribution is -1.94. The molecule has 22 heavy (non-hydrogen) atoms. The Morgan fingerprint density at radius 1 is 1.09 bits per heavy atom. The maximum Gasteiger partial charge on any atom is 0.221 e. The highest BCUT2D eigenvalue weighted by Crippen LogP contribution is 2.35. The van der Waals surface area contributed by atoms with E-state index >= 15 is 0 Å². The summed E-state index contributed by atoms with van der Waals surface area (Å²) in [7, 11) is 1.64. The van der Waals surface area contributed by atoms with E-state index in [0.29, 0.717) is 5.88 Å². The summed E-state index contributed by atoms with van der Waals surface area (Å²) < 4.78 is 7.15. The quantitative estimate of drug-likeness (QED) is 0.568. The van der Waals surface area contributed by atoms with E-state index in [4.69, 9.17) is 4.74 Å². The SMILES string of the molecule is COc1nc2ccccc2cc1-c1c(C)nn2ncccc12. The number of fused-ring (bicyclic) bond motifs is 2. The molecule has 4 aromatic rings. The Bertz CT molecular complexity index is 990. The molecule has 1 aromatic carbocycles. The van der Waals surface area contributed by atoms with Crippen molar-refractivity contribution in [3.8, 4) is 17.0 Å². The molecule has 0 bridgehead atoms. The number of hydrogen-bond donors (Lipinski definition) is 0. The van der Waals surface area contributed by atoms with Gasteiger partial charge in [0, 0.05) is 22.7 Å². The Morgan fingerprint density at radius 2 is 1.95 bits per heavy atom. The van der Waals surface area contributed by atoms with Crippen LogP contribution in [0, 0.1) is 6.92 Å². The van der Waals surface area contributed by atoms with E-state index in [1.54, 1.807) is 17.9 Å². The third-order valence-electron chi connectivity index (χ3n) is 3.75. The van der Waals surface area contributed by atoms with Crippen LogP contribution in [-0.4, -0.2) is 26.9 Å². The van der Waals surface area contributed by atoms with Crippen molar-refractivity contribution in [1.82, 2.24) is 19.8 Å². The van der Waals surface area contributed by atoms with Gasteiger partial charge in [-0.05, 0) is 31.2 Å². The highest BCUT2D eigenvalue weighted by Gasteiger charge is 2.17. The fourth-order valence-corrected chi connectivity index (χ4v) is 2.77. The van der Waals surface area contributed by atoms with Crippen LogP contribution in [0.4, 0.5) is 0 Å². The smallest absolute Gasteiger partial charge is 0.221 e. The molecule has 0 aliphatic carbocycles. The van der Waals surface area contributed by atoms with Crippen molar-refractivity contribution in [2.45, 2.75) is 6.92 Å². The second-order valence-electron chi connectivity index (χ2n) is 5.10.